The van der Waals surface area contributed by atoms with Gasteiger partial charge in [-0.1, -0.05) is 0 Å². The van der Waals surface area contributed by atoms with Gasteiger partial charge in [0.25, 0.3) is 5.91 Å². The minimum atomic E-state index is -0.353. The summed E-state index contributed by atoms with van der Waals surface area (Å²) in [6, 6.07) is 5.59. The normalized spacial score (nSPS) is 19.3. The van der Waals surface area contributed by atoms with Crippen molar-refractivity contribution in [3.8, 4) is 0 Å². The van der Waals surface area contributed by atoms with Crippen molar-refractivity contribution >= 4 is 11.8 Å². The number of halogens is 1. The molecule has 0 unspecified atom stereocenters. The lowest BCUT2D eigenvalue weighted by Crippen LogP contribution is -2.45. The first-order valence-electron chi connectivity index (χ1n) is 9.26. The number of rotatable bonds is 5. The summed E-state index contributed by atoms with van der Waals surface area (Å²) in [6.07, 6.45) is 1.33. The maximum atomic E-state index is 13.0. The molecule has 26 heavy (non-hydrogen) atoms. The molecule has 0 aliphatic carbocycles. The molecule has 0 bridgehead atoms. The number of likely N-dealkylation sites (tertiary alicyclic amines) is 1. The van der Waals surface area contributed by atoms with Crippen LogP contribution in [-0.4, -0.2) is 74.1 Å². The summed E-state index contributed by atoms with van der Waals surface area (Å²) >= 11 is 0. The molecule has 0 radical (unpaired) electrons. The van der Waals surface area contributed by atoms with Crippen molar-refractivity contribution in [2.45, 2.75) is 12.8 Å². The molecule has 3 rings (SSSR count). The molecule has 2 aliphatic heterocycles. The van der Waals surface area contributed by atoms with E-state index >= 15 is 0 Å². The highest BCUT2D eigenvalue weighted by molar-refractivity contribution is 5.94. The molecule has 142 valence electrons. The van der Waals surface area contributed by atoms with Gasteiger partial charge in [0.1, 0.15) is 5.82 Å². The zero-order valence-electron chi connectivity index (χ0n) is 15.0. The van der Waals surface area contributed by atoms with Gasteiger partial charge in [0, 0.05) is 50.7 Å². The van der Waals surface area contributed by atoms with Crippen LogP contribution in [0.1, 0.15) is 23.2 Å². The van der Waals surface area contributed by atoms with E-state index < -0.39 is 0 Å². The number of amides is 2. The Balaban J connectivity index is 1.39. The molecule has 2 aliphatic rings. The van der Waals surface area contributed by atoms with E-state index in [4.69, 9.17) is 4.74 Å². The third-order valence-electron chi connectivity index (χ3n) is 5.08. The van der Waals surface area contributed by atoms with Crippen LogP contribution in [0, 0.1) is 11.7 Å². The van der Waals surface area contributed by atoms with Crippen LogP contribution in [0.2, 0.25) is 0 Å². The lowest BCUT2D eigenvalue weighted by atomic mass is 9.95. The fourth-order valence-corrected chi connectivity index (χ4v) is 3.43. The van der Waals surface area contributed by atoms with Crippen molar-refractivity contribution < 1.29 is 18.7 Å². The minimum Gasteiger partial charge on any atom is -0.379 e. The Morgan fingerprint density at radius 1 is 1.08 bits per heavy atom. The largest absolute Gasteiger partial charge is 0.379 e. The first-order valence-corrected chi connectivity index (χ1v) is 9.26. The van der Waals surface area contributed by atoms with Gasteiger partial charge in [-0.2, -0.15) is 0 Å². The molecule has 1 aromatic carbocycles. The number of ether oxygens (including phenoxy) is 1. The first kappa shape index (κ1) is 18.8. The Morgan fingerprint density at radius 3 is 2.38 bits per heavy atom. The fourth-order valence-electron chi connectivity index (χ4n) is 3.43. The number of nitrogens with one attached hydrogen (secondary N) is 1. The van der Waals surface area contributed by atoms with Crippen LogP contribution >= 0.6 is 0 Å². The second-order valence-electron chi connectivity index (χ2n) is 6.82. The van der Waals surface area contributed by atoms with Crippen molar-refractivity contribution in [1.82, 2.24) is 15.1 Å². The maximum absolute atomic E-state index is 13.0. The molecule has 1 N–H and O–H groups in total. The van der Waals surface area contributed by atoms with E-state index in [1.807, 2.05) is 0 Å². The molecule has 0 atom stereocenters. The zero-order valence-corrected chi connectivity index (χ0v) is 15.0. The van der Waals surface area contributed by atoms with Gasteiger partial charge in [-0.05, 0) is 37.1 Å². The molecule has 0 spiro atoms. The van der Waals surface area contributed by atoms with Gasteiger partial charge in [-0.3, -0.25) is 14.5 Å². The monoisotopic (exact) mass is 363 g/mol. The van der Waals surface area contributed by atoms with E-state index in [0.717, 1.165) is 32.8 Å². The highest BCUT2D eigenvalue weighted by atomic mass is 19.1. The van der Waals surface area contributed by atoms with Gasteiger partial charge in [-0.15, -0.1) is 0 Å². The molecule has 2 fully saturated rings. The lowest BCUT2D eigenvalue weighted by molar-refractivity contribution is -0.126. The number of morpholine rings is 1. The third-order valence-corrected chi connectivity index (χ3v) is 5.08. The quantitative estimate of drug-likeness (QED) is 0.852. The smallest absolute Gasteiger partial charge is 0.253 e. The molecule has 2 amide bonds. The molecule has 6 nitrogen and oxygen atoms in total. The zero-order chi connectivity index (χ0) is 18.4. The molecular formula is C19H26FN3O3. The molecule has 2 heterocycles. The van der Waals surface area contributed by atoms with E-state index in [1.165, 1.54) is 24.3 Å². The number of nitrogens with zero attached hydrogens (tertiary/aromatic N) is 2. The van der Waals surface area contributed by atoms with Crippen LogP contribution in [0.5, 0.6) is 0 Å². The Labute approximate surface area is 153 Å². The Kier molecular flexibility index (Phi) is 6.57. The highest BCUT2D eigenvalue weighted by Gasteiger charge is 2.27. The van der Waals surface area contributed by atoms with Crippen molar-refractivity contribution in [3.05, 3.63) is 35.6 Å². The van der Waals surface area contributed by atoms with E-state index in [2.05, 4.69) is 10.2 Å². The van der Waals surface area contributed by atoms with Gasteiger partial charge in [0.05, 0.1) is 13.2 Å². The Morgan fingerprint density at radius 2 is 1.73 bits per heavy atom. The average molecular weight is 363 g/mol. The molecular weight excluding hydrogens is 337 g/mol. The van der Waals surface area contributed by atoms with Crippen LogP contribution < -0.4 is 5.32 Å². The topological polar surface area (TPSA) is 61.9 Å². The summed E-state index contributed by atoms with van der Waals surface area (Å²) in [4.78, 5) is 28.8. The molecule has 7 heteroatoms. The van der Waals surface area contributed by atoms with Crippen molar-refractivity contribution in [1.29, 1.82) is 0 Å². The number of carbonyl (C=O) groups is 2. The summed E-state index contributed by atoms with van der Waals surface area (Å²) in [5.41, 5.74) is 0.486. The van der Waals surface area contributed by atoms with E-state index in [9.17, 15) is 14.0 Å². The summed E-state index contributed by atoms with van der Waals surface area (Å²) in [7, 11) is 0. The van der Waals surface area contributed by atoms with Crippen LogP contribution in [0.25, 0.3) is 0 Å². The first-order chi connectivity index (χ1) is 12.6. The van der Waals surface area contributed by atoms with Gasteiger partial charge in [0.15, 0.2) is 0 Å². The Bertz CT molecular complexity index is 609. The molecule has 0 aromatic heterocycles. The number of piperidine rings is 1. The number of hydrogen-bond donors (Lipinski definition) is 1. The average Bonchev–Trinajstić information content (AvgIpc) is 2.69. The second kappa shape index (κ2) is 9.09. The van der Waals surface area contributed by atoms with Crippen molar-refractivity contribution in [3.63, 3.8) is 0 Å². The van der Waals surface area contributed by atoms with Crippen LogP contribution in [0.4, 0.5) is 4.39 Å². The number of hydrogen-bond acceptors (Lipinski definition) is 4. The SMILES string of the molecule is O=C(NCCN1CCOCC1)C1CCN(C(=O)c2ccc(F)cc2)CC1. The highest BCUT2D eigenvalue weighted by Crippen LogP contribution is 2.19. The summed E-state index contributed by atoms with van der Waals surface area (Å²) in [5, 5.41) is 3.02. The van der Waals surface area contributed by atoms with Crippen LogP contribution in [-0.2, 0) is 9.53 Å². The van der Waals surface area contributed by atoms with Gasteiger partial charge in [-0.25, -0.2) is 4.39 Å². The predicted molar refractivity (Wildman–Crippen MR) is 95.3 cm³/mol. The van der Waals surface area contributed by atoms with Crippen LogP contribution in [0.15, 0.2) is 24.3 Å². The van der Waals surface area contributed by atoms with Gasteiger partial charge in [0.2, 0.25) is 5.91 Å². The molecule has 2 saturated heterocycles. The fraction of sp³-hybridized carbons (Fsp3) is 0.579. The second-order valence-corrected chi connectivity index (χ2v) is 6.82. The van der Waals surface area contributed by atoms with Crippen molar-refractivity contribution in [2.75, 3.05) is 52.5 Å². The number of benzene rings is 1. The van der Waals surface area contributed by atoms with Crippen molar-refractivity contribution in [2.24, 2.45) is 5.92 Å². The van der Waals surface area contributed by atoms with E-state index in [1.54, 1.807) is 4.90 Å². The summed E-state index contributed by atoms with van der Waals surface area (Å²) in [5.74, 6) is -0.422. The van der Waals surface area contributed by atoms with Gasteiger partial charge < -0.3 is 15.0 Å². The molecule has 1 aromatic rings. The standard InChI is InChI=1S/C19H26FN3O3/c20-17-3-1-16(2-4-17)19(25)23-8-5-15(6-9-23)18(24)21-7-10-22-11-13-26-14-12-22/h1-4,15H,5-14H2,(H,21,24). The lowest BCUT2D eigenvalue weighted by Gasteiger charge is -2.32. The third kappa shape index (κ3) is 5.02. The maximum Gasteiger partial charge on any atom is 0.253 e. The van der Waals surface area contributed by atoms with E-state index in [0.29, 0.717) is 38.0 Å². The summed E-state index contributed by atoms with van der Waals surface area (Å²) in [6.45, 7) is 5.95. The van der Waals surface area contributed by atoms with E-state index in [-0.39, 0.29) is 23.5 Å². The predicted octanol–water partition coefficient (Wildman–Crippen LogP) is 1.13. The number of carbonyl (C=O) groups excluding carboxylic acids is 2. The minimum absolute atomic E-state index is 0.0445. The summed E-state index contributed by atoms with van der Waals surface area (Å²) < 4.78 is 18.3. The van der Waals surface area contributed by atoms with Gasteiger partial charge >= 0.3 is 0 Å². The Hall–Kier alpha value is -1.99. The van der Waals surface area contributed by atoms with Crippen LogP contribution in [0.3, 0.4) is 0 Å². The molecule has 0 saturated carbocycles.